The lowest BCUT2D eigenvalue weighted by Crippen LogP contribution is -2.45. The van der Waals surface area contributed by atoms with Crippen LogP contribution in [0.15, 0.2) is 4.99 Å². The molecule has 0 aromatic carbocycles. The third kappa shape index (κ3) is 9.11. The van der Waals surface area contributed by atoms with E-state index in [2.05, 4.69) is 41.7 Å². The minimum Gasteiger partial charge on any atom is -0.357 e. The second kappa shape index (κ2) is 12.0. The molecule has 0 aliphatic heterocycles. The molecule has 0 atom stereocenters. The molecule has 2 aliphatic rings. The molecule has 0 heterocycles. The molecule has 0 spiro atoms. The van der Waals surface area contributed by atoms with Crippen LogP contribution in [0.25, 0.3) is 0 Å². The van der Waals surface area contributed by atoms with Crippen LogP contribution < -0.4 is 16.0 Å². The van der Waals surface area contributed by atoms with Gasteiger partial charge in [-0.25, -0.2) is 0 Å². The molecule has 2 saturated carbocycles. The summed E-state index contributed by atoms with van der Waals surface area (Å²) in [4.78, 5) is 16.3. The maximum Gasteiger partial charge on any atom is 0.220 e. The monoisotopic (exact) mass is 464 g/mol. The zero-order chi connectivity index (χ0) is 17.4. The van der Waals surface area contributed by atoms with E-state index in [4.69, 9.17) is 0 Å². The zero-order valence-corrected chi connectivity index (χ0v) is 18.5. The summed E-state index contributed by atoms with van der Waals surface area (Å²) < 4.78 is 0. The maximum atomic E-state index is 11.7. The van der Waals surface area contributed by atoms with Gasteiger partial charge >= 0.3 is 0 Å². The fraction of sp³-hybridized carbons (Fsp3) is 0.895. The van der Waals surface area contributed by atoms with Crippen molar-refractivity contribution in [2.75, 3.05) is 13.1 Å². The number of hydrogen-bond donors (Lipinski definition) is 3. The average molecular weight is 464 g/mol. The SMILES string of the molecule is CCNC(=NCCCC(=O)NC1CC1)NC1CCC(C(C)C)CC1.I. The van der Waals surface area contributed by atoms with Crippen LogP contribution in [-0.4, -0.2) is 37.0 Å². The second-order valence-corrected chi connectivity index (χ2v) is 7.71. The molecule has 2 fully saturated rings. The predicted octanol–water partition coefficient (Wildman–Crippen LogP) is 3.43. The van der Waals surface area contributed by atoms with E-state index in [1.807, 2.05) is 0 Å². The van der Waals surface area contributed by atoms with Crippen LogP contribution in [0.4, 0.5) is 0 Å². The van der Waals surface area contributed by atoms with E-state index in [9.17, 15) is 4.79 Å². The molecule has 0 unspecified atom stereocenters. The van der Waals surface area contributed by atoms with Crippen molar-refractivity contribution in [1.82, 2.24) is 16.0 Å². The molecular weight excluding hydrogens is 427 g/mol. The quantitative estimate of drug-likeness (QED) is 0.223. The van der Waals surface area contributed by atoms with E-state index in [1.54, 1.807) is 0 Å². The standard InChI is InChI=1S/C19H36N4O.HI/c1-4-20-19(21-13-5-6-18(24)22-16-11-12-16)23-17-9-7-15(8-10-17)14(2)3;/h14-17H,4-13H2,1-3H3,(H,22,24)(H2,20,21,23);1H. The Morgan fingerprint density at radius 2 is 1.64 bits per heavy atom. The van der Waals surface area contributed by atoms with Crippen molar-refractivity contribution < 1.29 is 4.79 Å². The number of rotatable bonds is 8. The van der Waals surface area contributed by atoms with Crippen molar-refractivity contribution in [3.05, 3.63) is 0 Å². The molecule has 6 heteroatoms. The summed E-state index contributed by atoms with van der Waals surface area (Å²) in [6.07, 6.45) is 8.79. The van der Waals surface area contributed by atoms with E-state index in [0.29, 0.717) is 25.0 Å². The van der Waals surface area contributed by atoms with Gasteiger partial charge in [-0.05, 0) is 63.7 Å². The van der Waals surface area contributed by atoms with Crippen molar-refractivity contribution in [1.29, 1.82) is 0 Å². The number of carbonyl (C=O) groups excluding carboxylic acids is 1. The van der Waals surface area contributed by atoms with Gasteiger partial charge in [0.25, 0.3) is 0 Å². The third-order valence-corrected chi connectivity index (χ3v) is 5.17. The summed E-state index contributed by atoms with van der Waals surface area (Å²) in [7, 11) is 0. The lowest BCUT2D eigenvalue weighted by atomic mass is 9.80. The summed E-state index contributed by atoms with van der Waals surface area (Å²) in [6.45, 7) is 8.34. The molecule has 1 amide bonds. The second-order valence-electron chi connectivity index (χ2n) is 7.71. The number of carbonyl (C=O) groups is 1. The van der Waals surface area contributed by atoms with Crippen molar-refractivity contribution in [3.63, 3.8) is 0 Å². The smallest absolute Gasteiger partial charge is 0.220 e. The predicted molar refractivity (Wildman–Crippen MR) is 116 cm³/mol. The Kier molecular flexibility index (Phi) is 10.8. The highest BCUT2D eigenvalue weighted by Gasteiger charge is 2.24. The van der Waals surface area contributed by atoms with E-state index in [1.165, 1.54) is 25.7 Å². The summed E-state index contributed by atoms with van der Waals surface area (Å²) in [6, 6.07) is 0.997. The van der Waals surface area contributed by atoms with Gasteiger partial charge in [-0.15, -0.1) is 24.0 Å². The van der Waals surface area contributed by atoms with Crippen molar-refractivity contribution in [2.24, 2.45) is 16.8 Å². The molecular formula is C19H37IN4O. The van der Waals surface area contributed by atoms with Gasteiger partial charge in [0.05, 0.1) is 0 Å². The number of halogens is 1. The number of aliphatic imine (C=N–C) groups is 1. The highest BCUT2D eigenvalue weighted by Crippen LogP contribution is 2.29. The van der Waals surface area contributed by atoms with Crippen LogP contribution in [0.2, 0.25) is 0 Å². The van der Waals surface area contributed by atoms with Gasteiger partial charge in [0.15, 0.2) is 5.96 Å². The molecule has 0 aromatic rings. The first-order chi connectivity index (χ1) is 11.6. The zero-order valence-electron chi connectivity index (χ0n) is 16.1. The van der Waals surface area contributed by atoms with Crippen molar-refractivity contribution in [3.8, 4) is 0 Å². The molecule has 0 aromatic heterocycles. The summed E-state index contributed by atoms with van der Waals surface area (Å²) in [5, 5.41) is 9.94. The molecule has 0 saturated heterocycles. The van der Waals surface area contributed by atoms with Crippen molar-refractivity contribution in [2.45, 2.75) is 84.2 Å². The Bertz CT molecular complexity index is 416. The minimum atomic E-state index is 0. The lowest BCUT2D eigenvalue weighted by molar-refractivity contribution is -0.121. The van der Waals surface area contributed by atoms with Gasteiger partial charge < -0.3 is 16.0 Å². The van der Waals surface area contributed by atoms with E-state index in [-0.39, 0.29) is 29.9 Å². The molecule has 146 valence electrons. The highest BCUT2D eigenvalue weighted by atomic mass is 127. The third-order valence-electron chi connectivity index (χ3n) is 5.17. The van der Waals surface area contributed by atoms with E-state index < -0.39 is 0 Å². The maximum absolute atomic E-state index is 11.7. The first-order valence-corrected chi connectivity index (χ1v) is 9.92. The Morgan fingerprint density at radius 1 is 1.04 bits per heavy atom. The lowest BCUT2D eigenvalue weighted by Gasteiger charge is -2.32. The summed E-state index contributed by atoms with van der Waals surface area (Å²) in [5.41, 5.74) is 0. The highest BCUT2D eigenvalue weighted by molar-refractivity contribution is 14.0. The largest absolute Gasteiger partial charge is 0.357 e. The molecule has 0 bridgehead atoms. The molecule has 0 radical (unpaired) electrons. The Morgan fingerprint density at radius 3 is 2.20 bits per heavy atom. The first kappa shape index (κ1) is 22.5. The summed E-state index contributed by atoms with van der Waals surface area (Å²) >= 11 is 0. The topological polar surface area (TPSA) is 65.5 Å². The molecule has 2 aliphatic carbocycles. The van der Waals surface area contributed by atoms with Gasteiger partial charge in [-0.3, -0.25) is 9.79 Å². The van der Waals surface area contributed by atoms with Gasteiger partial charge in [-0.1, -0.05) is 13.8 Å². The molecule has 2 rings (SSSR count). The molecule has 5 nitrogen and oxygen atoms in total. The van der Waals surface area contributed by atoms with E-state index >= 15 is 0 Å². The number of amides is 1. The first-order valence-electron chi connectivity index (χ1n) is 9.92. The number of hydrogen-bond acceptors (Lipinski definition) is 2. The number of nitrogens with one attached hydrogen (secondary N) is 3. The summed E-state index contributed by atoms with van der Waals surface area (Å²) in [5.74, 6) is 2.77. The van der Waals surface area contributed by atoms with Crippen LogP contribution in [0.3, 0.4) is 0 Å². The Hall–Kier alpha value is -0.530. The van der Waals surface area contributed by atoms with Crippen LogP contribution in [0, 0.1) is 11.8 Å². The van der Waals surface area contributed by atoms with Crippen LogP contribution in [0.5, 0.6) is 0 Å². The number of nitrogens with zero attached hydrogens (tertiary/aromatic N) is 1. The van der Waals surface area contributed by atoms with Gasteiger partial charge in [0.2, 0.25) is 5.91 Å². The van der Waals surface area contributed by atoms with E-state index in [0.717, 1.165) is 43.6 Å². The average Bonchev–Trinajstić information content (AvgIpc) is 3.36. The van der Waals surface area contributed by atoms with Gasteiger partial charge in [-0.2, -0.15) is 0 Å². The molecule has 3 N–H and O–H groups in total. The van der Waals surface area contributed by atoms with Crippen LogP contribution >= 0.6 is 24.0 Å². The van der Waals surface area contributed by atoms with Crippen molar-refractivity contribution >= 4 is 35.8 Å². The van der Waals surface area contributed by atoms with Crippen LogP contribution in [0.1, 0.15) is 72.1 Å². The van der Waals surface area contributed by atoms with Gasteiger partial charge in [0, 0.05) is 31.6 Å². The Balaban J connectivity index is 0.00000312. The number of guanidine groups is 1. The fourth-order valence-electron chi connectivity index (χ4n) is 3.40. The normalized spacial score (nSPS) is 23.8. The van der Waals surface area contributed by atoms with Crippen LogP contribution in [-0.2, 0) is 4.79 Å². The molecule has 25 heavy (non-hydrogen) atoms. The minimum absolute atomic E-state index is 0. The van der Waals surface area contributed by atoms with Gasteiger partial charge in [0.1, 0.15) is 0 Å². The Labute approximate surface area is 170 Å². The fourth-order valence-corrected chi connectivity index (χ4v) is 3.40.